The van der Waals surface area contributed by atoms with E-state index in [1.54, 1.807) is 12.0 Å². The summed E-state index contributed by atoms with van der Waals surface area (Å²) < 4.78 is 15.9. The van der Waals surface area contributed by atoms with E-state index in [-0.39, 0.29) is 18.2 Å². The van der Waals surface area contributed by atoms with Crippen molar-refractivity contribution in [1.29, 1.82) is 0 Å². The van der Waals surface area contributed by atoms with Crippen LogP contribution in [-0.2, 0) is 4.74 Å². The first kappa shape index (κ1) is 21.7. The standard InChI is InChI=1S/C20H32N4O4/c1-5-21-19(23-16-9-11-24(12-10-16)20(25)27-4)22-14-15(2)28-18-8-6-7-17(13-18)26-3/h6-8,13,15-16H,5,9-12,14H2,1-4H3,(H2,21,22,23). The molecule has 0 aliphatic carbocycles. The number of hydrogen-bond donors (Lipinski definition) is 2. The second kappa shape index (κ2) is 11.3. The second-order valence-corrected chi connectivity index (χ2v) is 6.70. The minimum Gasteiger partial charge on any atom is -0.497 e. The van der Waals surface area contributed by atoms with E-state index in [0.29, 0.717) is 19.6 Å². The Labute approximate surface area is 167 Å². The molecule has 1 aliphatic heterocycles. The van der Waals surface area contributed by atoms with Crippen molar-refractivity contribution in [3.05, 3.63) is 24.3 Å². The van der Waals surface area contributed by atoms with E-state index in [1.165, 1.54) is 7.11 Å². The summed E-state index contributed by atoms with van der Waals surface area (Å²) in [7, 11) is 3.05. The van der Waals surface area contributed by atoms with Crippen molar-refractivity contribution in [3.63, 3.8) is 0 Å². The number of piperidine rings is 1. The van der Waals surface area contributed by atoms with Crippen LogP contribution in [0.2, 0.25) is 0 Å². The maximum absolute atomic E-state index is 11.6. The largest absolute Gasteiger partial charge is 0.497 e. The molecule has 1 aliphatic rings. The third-order valence-electron chi connectivity index (χ3n) is 4.50. The molecule has 1 saturated heterocycles. The Balaban J connectivity index is 1.85. The number of benzene rings is 1. The van der Waals surface area contributed by atoms with Gasteiger partial charge < -0.3 is 29.7 Å². The normalized spacial score (nSPS) is 16.3. The molecule has 0 aromatic heterocycles. The molecule has 0 saturated carbocycles. The van der Waals surface area contributed by atoms with Gasteiger partial charge in [0.15, 0.2) is 5.96 Å². The number of carbonyl (C=O) groups is 1. The summed E-state index contributed by atoms with van der Waals surface area (Å²) >= 11 is 0. The summed E-state index contributed by atoms with van der Waals surface area (Å²) in [4.78, 5) is 18.0. The van der Waals surface area contributed by atoms with Crippen molar-refractivity contribution in [3.8, 4) is 11.5 Å². The van der Waals surface area contributed by atoms with Gasteiger partial charge in [-0.2, -0.15) is 0 Å². The molecule has 2 rings (SSSR count). The summed E-state index contributed by atoms with van der Waals surface area (Å²) in [5.74, 6) is 2.29. The fraction of sp³-hybridized carbons (Fsp3) is 0.600. The number of carbonyl (C=O) groups excluding carboxylic acids is 1. The molecule has 0 radical (unpaired) electrons. The van der Waals surface area contributed by atoms with E-state index in [1.807, 2.05) is 38.1 Å². The third kappa shape index (κ3) is 6.83. The van der Waals surface area contributed by atoms with E-state index in [2.05, 4.69) is 15.6 Å². The van der Waals surface area contributed by atoms with Crippen molar-refractivity contribution in [2.45, 2.75) is 38.8 Å². The summed E-state index contributed by atoms with van der Waals surface area (Å²) in [6.07, 6.45) is 1.37. The summed E-state index contributed by atoms with van der Waals surface area (Å²) in [6, 6.07) is 7.82. The van der Waals surface area contributed by atoms with Crippen LogP contribution in [0.25, 0.3) is 0 Å². The molecule has 1 aromatic carbocycles. The molecule has 1 atom stereocenters. The highest BCUT2D eigenvalue weighted by Crippen LogP contribution is 2.20. The van der Waals surface area contributed by atoms with Gasteiger partial charge in [0.1, 0.15) is 17.6 Å². The molecule has 1 unspecified atom stereocenters. The Morgan fingerprint density at radius 3 is 2.64 bits per heavy atom. The Bertz CT molecular complexity index is 645. The van der Waals surface area contributed by atoms with Gasteiger partial charge in [-0.05, 0) is 38.8 Å². The highest BCUT2D eigenvalue weighted by Gasteiger charge is 2.23. The van der Waals surface area contributed by atoms with Gasteiger partial charge in [-0.3, -0.25) is 0 Å². The predicted octanol–water partition coefficient (Wildman–Crippen LogP) is 2.25. The number of rotatable bonds is 7. The van der Waals surface area contributed by atoms with Gasteiger partial charge >= 0.3 is 6.09 Å². The molecule has 8 heteroatoms. The fourth-order valence-corrected chi connectivity index (χ4v) is 3.01. The number of methoxy groups -OCH3 is 2. The quantitative estimate of drug-likeness (QED) is 0.547. The van der Waals surface area contributed by atoms with E-state index >= 15 is 0 Å². The van der Waals surface area contributed by atoms with E-state index in [9.17, 15) is 4.79 Å². The number of nitrogens with zero attached hydrogens (tertiary/aromatic N) is 2. The zero-order valence-corrected chi connectivity index (χ0v) is 17.2. The van der Waals surface area contributed by atoms with Gasteiger partial charge in [0.2, 0.25) is 0 Å². The second-order valence-electron chi connectivity index (χ2n) is 6.70. The van der Waals surface area contributed by atoms with Gasteiger partial charge in [0.25, 0.3) is 0 Å². The number of amides is 1. The monoisotopic (exact) mass is 392 g/mol. The third-order valence-corrected chi connectivity index (χ3v) is 4.50. The lowest BCUT2D eigenvalue weighted by Gasteiger charge is -2.32. The molecule has 1 fully saturated rings. The van der Waals surface area contributed by atoms with Crippen LogP contribution in [0, 0.1) is 0 Å². The van der Waals surface area contributed by atoms with Crippen LogP contribution in [0.4, 0.5) is 4.79 Å². The molecule has 0 bridgehead atoms. The summed E-state index contributed by atoms with van der Waals surface area (Å²) in [5, 5.41) is 6.73. The minimum absolute atomic E-state index is 0.0799. The number of aliphatic imine (C=N–C) groups is 1. The Morgan fingerprint density at radius 2 is 2.00 bits per heavy atom. The molecule has 0 spiro atoms. The molecular formula is C20H32N4O4. The van der Waals surface area contributed by atoms with E-state index in [0.717, 1.165) is 36.8 Å². The van der Waals surface area contributed by atoms with Crippen molar-refractivity contribution < 1.29 is 19.0 Å². The lowest BCUT2D eigenvalue weighted by Crippen LogP contribution is -2.50. The lowest BCUT2D eigenvalue weighted by molar-refractivity contribution is 0.111. The maximum atomic E-state index is 11.6. The first-order valence-electron chi connectivity index (χ1n) is 9.74. The number of nitrogens with one attached hydrogen (secondary N) is 2. The zero-order chi connectivity index (χ0) is 20.4. The first-order valence-corrected chi connectivity index (χ1v) is 9.74. The van der Waals surface area contributed by atoms with Crippen molar-refractivity contribution in [1.82, 2.24) is 15.5 Å². The molecule has 1 heterocycles. The first-order chi connectivity index (χ1) is 13.5. The molecule has 1 aromatic rings. The van der Waals surface area contributed by atoms with Crippen LogP contribution in [0.1, 0.15) is 26.7 Å². The molecule has 28 heavy (non-hydrogen) atoms. The number of likely N-dealkylation sites (tertiary alicyclic amines) is 1. The van der Waals surface area contributed by atoms with Crippen molar-refractivity contribution >= 4 is 12.1 Å². The smallest absolute Gasteiger partial charge is 0.409 e. The van der Waals surface area contributed by atoms with Gasteiger partial charge in [-0.15, -0.1) is 0 Å². The van der Waals surface area contributed by atoms with Crippen LogP contribution < -0.4 is 20.1 Å². The molecule has 1 amide bonds. The number of guanidine groups is 1. The van der Waals surface area contributed by atoms with Crippen LogP contribution >= 0.6 is 0 Å². The molecular weight excluding hydrogens is 360 g/mol. The van der Waals surface area contributed by atoms with Crippen molar-refractivity contribution in [2.24, 2.45) is 4.99 Å². The zero-order valence-electron chi connectivity index (χ0n) is 17.2. The van der Waals surface area contributed by atoms with Crippen molar-refractivity contribution in [2.75, 3.05) is 40.4 Å². The highest BCUT2D eigenvalue weighted by atomic mass is 16.5. The molecule has 2 N–H and O–H groups in total. The summed E-state index contributed by atoms with van der Waals surface area (Å²) in [6.45, 7) is 6.68. The average molecular weight is 393 g/mol. The van der Waals surface area contributed by atoms with Crippen LogP contribution in [-0.4, -0.2) is 69.5 Å². The fourth-order valence-electron chi connectivity index (χ4n) is 3.01. The Morgan fingerprint density at radius 1 is 1.29 bits per heavy atom. The van der Waals surface area contributed by atoms with E-state index in [4.69, 9.17) is 14.2 Å². The topological polar surface area (TPSA) is 84.4 Å². The lowest BCUT2D eigenvalue weighted by atomic mass is 10.1. The number of hydrogen-bond acceptors (Lipinski definition) is 5. The van der Waals surface area contributed by atoms with Gasteiger partial charge in [-0.25, -0.2) is 9.79 Å². The van der Waals surface area contributed by atoms with Crippen LogP contribution in [0.15, 0.2) is 29.3 Å². The molecule has 156 valence electrons. The van der Waals surface area contributed by atoms with E-state index < -0.39 is 0 Å². The maximum Gasteiger partial charge on any atom is 0.409 e. The summed E-state index contributed by atoms with van der Waals surface area (Å²) in [5.41, 5.74) is 0. The predicted molar refractivity (Wildman–Crippen MR) is 109 cm³/mol. The Kier molecular flexibility index (Phi) is 8.71. The van der Waals surface area contributed by atoms with Crippen LogP contribution in [0.3, 0.4) is 0 Å². The average Bonchev–Trinajstić information content (AvgIpc) is 2.72. The van der Waals surface area contributed by atoms with Gasteiger partial charge in [0.05, 0.1) is 20.8 Å². The number of ether oxygens (including phenoxy) is 3. The van der Waals surface area contributed by atoms with Crippen LogP contribution in [0.5, 0.6) is 11.5 Å². The molecule has 8 nitrogen and oxygen atoms in total. The SMILES string of the molecule is CCNC(=NCC(C)Oc1cccc(OC)c1)NC1CCN(C(=O)OC)CC1. The Hall–Kier alpha value is -2.64. The minimum atomic E-state index is -0.262. The van der Waals surface area contributed by atoms with Gasteiger partial charge in [-0.1, -0.05) is 6.07 Å². The van der Waals surface area contributed by atoms with Gasteiger partial charge in [0, 0.05) is 31.7 Å². The highest BCUT2D eigenvalue weighted by molar-refractivity contribution is 5.80.